The topological polar surface area (TPSA) is 85.2 Å². The largest absolute Gasteiger partial charge is 0.497 e. The van der Waals surface area contributed by atoms with Crippen molar-refractivity contribution in [3.63, 3.8) is 0 Å². The highest BCUT2D eigenvalue weighted by molar-refractivity contribution is 5.80. The molecule has 7 heteroatoms. The maximum atomic E-state index is 12.5. The quantitative estimate of drug-likeness (QED) is 0.752. The molecule has 0 aliphatic carbocycles. The molecule has 2 aromatic heterocycles. The Morgan fingerprint density at radius 1 is 1.21 bits per heavy atom. The van der Waals surface area contributed by atoms with Crippen LogP contribution in [0.25, 0.3) is 10.9 Å². The van der Waals surface area contributed by atoms with E-state index in [-0.39, 0.29) is 5.56 Å². The number of hydrogen-bond donors (Lipinski definition) is 1. The van der Waals surface area contributed by atoms with Gasteiger partial charge in [0.15, 0.2) is 0 Å². The Balaban J connectivity index is 1.48. The van der Waals surface area contributed by atoms with Crippen LogP contribution < -0.4 is 15.2 Å². The first-order valence-corrected chi connectivity index (χ1v) is 9.20. The van der Waals surface area contributed by atoms with Crippen molar-refractivity contribution in [2.75, 3.05) is 38.2 Å². The number of aromatic amines is 1. The number of aromatic nitrogens is 2. The summed E-state index contributed by atoms with van der Waals surface area (Å²) in [5.41, 5.74) is 2.08. The average Bonchev–Trinajstić information content (AvgIpc) is 2.74. The van der Waals surface area contributed by atoms with Crippen molar-refractivity contribution < 1.29 is 4.74 Å². The highest BCUT2D eigenvalue weighted by Crippen LogP contribution is 2.21. The van der Waals surface area contributed by atoms with Crippen LogP contribution in [0.2, 0.25) is 0 Å². The van der Waals surface area contributed by atoms with Crippen LogP contribution in [0, 0.1) is 11.3 Å². The number of nitriles is 1. The molecule has 1 fully saturated rings. The fourth-order valence-corrected chi connectivity index (χ4v) is 3.57. The van der Waals surface area contributed by atoms with E-state index in [2.05, 4.69) is 25.8 Å². The summed E-state index contributed by atoms with van der Waals surface area (Å²) in [6, 6.07) is 13.3. The van der Waals surface area contributed by atoms with Gasteiger partial charge in [-0.2, -0.15) is 5.26 Å². The van der Waals surface area contributed by atoms with Gasteiger partial charge in [-0.15, -0.1) is 0 Å². The molecule has 142 valence electrons. The second-order valence-electron chi connectivity index (χ2n) is 6.83. The van der Waals surface area contributed by atoms with Gasteiger partial charge in [-0.05, 0) is 36.4 Å². The first kappa shape index (κ1) is 18.0. The van der Waals surface area contributed by atoms with Crippen molar-refractivity contribution in [3.8, 4) is 11.8 Å². The van der Waals surface area contributed by atoms with Crippen molar-refractivity contribution in [3.05, 3.63) is 64.1 Å². The van der Waals surface area contributed by atoms with Crippen molar-refractivity contribution in [1.29, 1.82) is 5.26 Å². The Bertz CT molecular complexity index is 1090. The van der Waals surface area contributed by atoms with Crippen molar-refractivity contribution in [1.82, 2.24) is 14.9 Å². The van der Waals surface area contributed by atoms with Crippen LogP contribution in [0.5, 0.6) is 5.75 Å². The first-order valence-electron chi connectivity index (χ1n) is 9.20. The summed E-state index contributed by atoms with van der Waals surface area (Å²) in [6.07, 6.45) is 1.71. The molecule has 1 N–H and O–H groups in total. The van der Waals surface area contributed by atoms with Crippen LogP contribution in [0.3, 0.4) is 0 Å². The smallest absolute Gasteiger partial charge is 0.252 e. The van der Waals surface area contributed by atoms with Crippen LogP contribution in [0.15, 0.2) is 47.4 Å². The number of rotatable bonds is 4. The molecule has 28 heavy (non-hydrogen) atoms. The van der Waals surface area contributed by atoms with Gasteiger partial charge in [-0.1, -0.05) is 0 Å². The summed E-state index contributed by atoms with van der Waals surface area (Å²) < 4.78 is 5.28. The fraction of sp³-hybridized carbons (Fsp3) is 0.286. The summed E-state index contributed by atoms with van der Waals surface area (Å²) in [5, 5.41) is 10.2. The molecule has 0 spiro atoms. The molecule has 0 radical (unpaired) electrons. The fourth-order valence-electron chi connectivity index (χ4n) is 3.57. The van der Waals surface area contributed by atoms with E-state index >= 15 is 0 Å². The van der Waals surface area contributed by atoms with Gasteiger partial charge in [0, 0.05) is 55.4 Å². The van der Waals surface area contributed by atoms with Gasteiger partial charge in [-0.3, -0.25) is 9.69 Å². The van der Waals surface area contributed by atoms with E-state index in [1.54, 1.807) is 25.4 Å². The SMILES string of the molecule is COc1ccc2[nH]c(=O)c(CN3CCN(c4ncccc4C#N)CC3)cc2c1. The lowest BCUT2D eigenvalue weighted by atomic mass is 10.1. The molecule has 0 unspecified atom stereocenters. The van der Waals surface area contributed by atoms with Crippen LogP contribution in [0.4, 0.5) is 5.82 Å². The van der Waals surface area contributed by atoms with E-state index in [0.717, 1.165) is 54.2 Å². The first-order chi connectivity index (χ1) is 13.7. The Labute approximate surface area is 162 Å². The van der Waals surface area contributed by atoms with Gasteiger partial charge in [0.05, 0.1) is 12.7 Å². The third kappa shape index (κ3) is 3.55. The highest BCUT2D eigenvalue weighted by Gasteiger charge is 2.21. The molecule has 0 amide bonds. The number of benzene rings is 1. The summed E-state index contributed by atoms with van der Waals surface area (Å²) in [5.74, 6) is 1.50. The normalized spacial score (nSPS) is 14.8. The summed E-state index contributed by atoms with van der Waals surface area (Å²) in [7, 11) is 1.63. The lowest BCUT2D eigenvalue weighted by molar-refractivity contribution is 0.248. The summed E-state index contributed by atoms with van der Waals surface area (Å²) in [4.78, 5) is 24.2. The van der Waals surface area contributed by atoms with Gasteiger partial charge in [0.1, 0.15) is 17.6 Å². The standard InChI is InChI=1S/C21H21N5O2/c1-28-18-4-5-19-16(12-18)11-17(21(27)24-19)14-25-7-9-26(10-8-25)20-15(13-22)3-2-6-23-20/h2-6,11-12H,7-10,14H2,1H3,(H,24,27). The van der Waals surface area contributed by atoms with E-state index in [4.69, 9.17) is 4.74 Å². The number of anilines is 1. The number of nitrogens with zero attached hydrogens (tertiary/aromatic N) is 4. The number of piperazine rings is 1. The van der Waals surface area contributed by atoms with Crippen LogP contribution in [-0.4, -0.2) is 48.2 Å². The second-order valence-corrected chi connectivity index (χ2v) is 6.83. The molecule has 1 aromatic carbocycles. The van der Waals surface area contributed by atoms with Gasteiger partial charge in [0.2, 0.25) is 0 Å². The Morgan fingerprint density at radius 3 is 2.79 bits per heavy atom. The van der Waals surface area contributed by atoms with Crippen molar-refractivity contribution >= 4 is 16.7 Å². The predicted octanol–water partition coefficient (Wildman–Crippen LogP) is 2.13. The van der Waals surface area contributed by atoms with Crippen LogP contribution >= 0.6 is 0 Å². The molecule has 4 rings (SSSR count). The van der Waals surface area contributed by atoms with E-state index in [1.165, 1.54) is 0 Å². The lowest BCUT2D eigenvalue weighted by Crippen LogP contribution is -2.47. The molecule has 1 saturated heterocycles. The zero-order valence-corrected chi connectivity index (χ0v) is 15.7. The third-order valence-corrected chi connectivity index (χ3v) is 5.10. The Kier molecular flexibility index (Phi) is 4.96. The maximum Gasteiger partial charge on any atom is 0.252 e. The zero-order valence-electron chi connectivity index (χ0n) is 15.7. The number of methoxy groups -OCH3 is 1. The minimum Gasteiger partial charge on any atom is -0.497 e. The molecule has 0 bridgehead atoms. The molecule has 7 nitrogen and oxygen atoms in total. The van der Waals surface area contributed by atoms with Crippen molar-refractivity contribution in [2.45, 2.75) is 6.54 Å². The van der Waals surface area contributed by atoms with Gasteiger partial charge in [-0.25, -0.2) is 4.98 Å². The molecule has 3 heterocycles. The van der Waals surface area contributed by atoms with E-state index in [9.17, 15) is 10.1 Å². The van der Waals surface area contributed by atoms with E-state index < -0.39 is 0 Å². The Hall–Kier alpha value is -3.37. The lowest BCUT2D eigenvalue weighted by Gasteiger charge is -2.35. The van der Waals surface area contributed by atoms with Crippen LogP contribution in [-0.2, 0) is 6.54 Å². The molecule has 1 aliphatic rings. The van der Waals surface area contributed by atoms with E-state index in [1.807, 2.05) is 24.3 Å². The van der Waals surface area contributed by atoms with E-state index in [0.29, 0.717) is 12.1 Å². The van der Waals surface area contributed by atoms with Crippen molar-refractivity contribution in [2.24, 2.45) is 0 Å². The second kappa shape index (κ2) is 7.71. The highest BCUT2D eigenvalue weighted by atomic mass is 16.5. The molecular formula is C21H21N5O2. The number of ether oxygens (including phenoxy) is 1. The summed E-state index contributed by atoms with van der Waals surface area (Å²) >= 11 is 0. The van der Waals surface area contributed by atoms with Gasteiger partial charge in [0.25, 0.3) is 5.56 Å². The molecular weight excluding hydrogens is 354 g/mol. The van der Waals surface area contributed by atoms with Gasteiger partial charge < -0.3 is 14.6 Å². The number of pyridine rings is 2. The number of nitrogens with one attached hydrogen (secondary N) is 1. The number of hydrogen-bond acceptors (Lipinski definition) is 6. The number of H-pyrrole nitrogens is 1. The molecule has 1 aliphatic heterocycles. The third-order valence-electron chi connectivity index (χ3n) is 5.10. The zero-order chi connectivity index (χ0) is 19.5. The predicted molar refractivity (Wildman–Crippen MR) is 108 cm³/mol. The maximum absolute atomic E-state index is 12.5. The monoisotopic (exact) mass is 375 g/mol. The molecule has 0 saturated carbocycles. The molecule has 0 atom stereocenters. The minimum absolute atomic E-state index is 0.0587. The van der Waals surface area contributed by atoms with Gasteiger partial charge >= 0.3 is 0 Å². The number of fused-ring (bicyclic) bond motifs is 1. The van der Waals surface area contributed by atoms with Crippen LogP contribution in [0.1, 0.15) is 11.1 Å². The summed E-state index contributed by atoms with van der Waals surface area (Å²) in [6.45, 7) is 3.73. The Morgan fingerprint density at radius 2 is 2.04 bits per heavy atom. The minimum atomic E-state index is -0.0587. The molecule has 3 aromatic rings. The average molecular weight is 375 g/mol.